The molecule has 2 saturated heterocycles. The van der Waals surface area contributed by atoms with Gasteiger partial charge in [-0.2, -0.15) is 0 Å². The van der Waals surface area contributed by atoms with E-state index in [-0.39, 0.29) is 5.02 Å². The minimum atomic E-state index is -1.54. The molecule has 2 aliphatic heterocycles. The molecule has 2 aliphatic rings. The van der Waals surface area contributed by atoms with Gasteiger partial charge in [0.05, 0.1) is 18.2 Å². The largest absolute Gasteiger partial charge is 0.394 e. The van der Waals surface area contributed by atoms with E-state index < -0.39 is 74.3 Å². The minimum Gasteiger partial charge on any atom is -0.394 e. The van der Waals surface area contributed by atoms with Gasteiger partial charge < -0.3 is 50.3 Å². The third kappa shape index (κ3) is 5.66. The Morgan fingerprint density at radius 3 is 1.64 bits per heavy atom. The normalized spacial score (nSPS) is 38.6. The van der Waals surface area contributed by atoms with Gasteiger partial charge in [0.15, 0.2) is 0 Å². The number of rotatable bonds is 2. The van der Waals surface area contributed by atoms with Crippen LogP contribution in [-0.2, 0) is 9.47 Å². The van der Waals surface area contributed by atoms with Gasteiger partial charge in [-0.1, -0.05) is 35.3 Å². The third-order valence-corrected chi connectivity index (χ3v) is 5.77. The summed E-state index contributed by atoms with van der Waals surface area (Å²) < 4.78 is 10.6. The lowest BCUT2D eigenvalue weighted by Gasteiger charge is -2.37. The average molecular weight is 485 g/mol. The van der Waals surface area contributed by atoms with Crippen LogP contribution >= 0.6 is 11.6 Å². The molecule has 1 aromatic rings. The van der Waals surface area contributed by atoms with Crippen molar-refractivity contribution in [3.05, 3.63) is 34.3 Å². The van der Waals surface area contributed by atoms with E-state index in [0.717, 1.165) is 0 Å². The van der Waals surface area contributed by atoms with Gasteiger partial charge in [-0.3, -0.25) is 0 Å². The molecule has 0 saturated carbocycles. The van der Waals surface area contributed by atoms with Crippen LogP contribution in [0.5, 0.6) is 0 Å². The third-order valence-electron chi connectivity index (χ3n) is 5.46. The molecule has 33 heavy (non-hydrogen) atoms. The van der Waals surface area contributed by atoms with Crippen LogP contribution in [0.2, 0.25) is 5.02 Å². The zero-order chi connectivity index (χ0) is 24.3. The zero-order valence-corrected chi connectivity index (χ0v) is 17.9. The molecule has 11 heteroatoms. The molecule has 180 valence electrons. The molecule has 0 spiro atoms. The van der Waals surface area contributed by atoms with E-state index in [1.165, 1.54) is 12.1 Å². The van der Waals surface area contributed by atoms with E-state index in [9.17, 15) is 40.9 Å². The monoisotopic (exact) mass is 484 g/mol. The summed E-state index contributed by atoms with van der Waals surface area (Å²) in [4.78, 5) is 0. The van der Waals surface area contributed by atoms with E-state index in [0.29, 0.717) is 11.1 Å². The Morgan fingerprint density at radius 2 is 1.18 bits per heavy atom. The summed E-state index contributed by atoms with van der Waals surface area (Å²) in [6.45, 7) is -1.12. The molecular formula is C22H25ClO10. The molecule has 0 bridgehead atoms. The zero-order valence-electron chi connectivity index (χ0n) is 17.2. The molecular weight excluding hydrogens is 460 g/mol. The van der Waals surface area contributed by atoms with Gasteiger partial charge in [-0.15, -0.1) is 0 Å². The molecule has 1 aromatic carbocycles. The highest BCUT2D eigenvalue weighted by molar-refractivity contribution is 6.31. The first-order chi connectivity index (χ1) is 15.7. The smallest absolute Gasteiger partial charge is 0.147 e. The fraction of sp³-hybridized carbons (Fsp3) is 0.545. The van der Waals surface area contributed by atoms with Crippen molar-refractivity contribution in [3.63, 3.8) is 0 Å². The Morgan fingerprint density at radius 1 is 0.697 bits per heavy atom. The van der Waals surface area contributed by atoms with Crippen molar-refractivity contribution < 1.29 is 50.3 Å². The fourth-order valence-electron chi connectivity index (χ4n) is 3.44. The summed E-state index contributed by atoms with van der Waals surface area (Å²) in [5, 5.41) is 78.0. The van der Waals surface area contributed by atoms with Crippen LogP contribution in [0, 0.1) is 23.7 Å². The molecule has 10 atom stereocenters. The van der Waals surface area contributed by atoms with Crippen molar-refractivity contribution in [2.45, 2.75) is 61.0 Å². The minimum absolute atomic E-state index is 0.202. The first-order valence-electron chi connectivity index (χ1n) is 10.1. The number of benzene rings is 1. The maximum absolute atomic E-state index is 10.0. The summed E-state index contributed by atoms with van der Waals surface area (Å²) >= 11 is 6.24. The molecule has 10 nitrogen and oxygen atoms in total. The van der Waals surface area contributed by atoms with Gasteiger partial charge >= 0.3 is 0 Å². The van der Waals surface area contributed by atoms with E-state index >= 15 is 0 Å². The standard InChI is InChI=1S/C22H25ClO10/c23-12-7-10(2-5-13-17(26)21(30)19(28)15(8-24)32-13)1-3-11(12)4-6-14-18(27)22(31)20(29)16(9-25)33-14/h1,3,7,13-22,24-31H,8-9H2. The molecule has 2 heterocycles. The Bertz CT molecular complexity index is 946. The van der Waals surface area contributed by atoms with Gasteiger partial charge in [-0.25, -0.2) is 0 Å². The lowest BCUT2D eigenvalue weighted by molar-refractivity contribution is -0.214. The second-order valence-electron chi connectivity index (χ2n) is 7.73. The highest BCUT2D eigenvalue weighted by Gasteiger charge is 2.43. The summed E-state index contributed by atoms with van der Waals surface area (Å²) in [6.07, 6.45) is -13.4. The van der Waals surface area contributed by atoms with Gasteiger partial charge in [0.1, 0.15) is 61.0 Å². The van der Waals surface area contributed by atoms with Gasteiger partial charge in [0.2, 0.25) is 0 Å². The Kier molecular flexibility index (Phi) is 8.70. The maximum Gasteiger partial charge on any atom is 0.147 e. The van der Waals surface area contributed by atoms with Crippen LogP contribution in [0.4, 0.5) is 0 Å². The van der Waals surface area contributed by atoms with Crippen LogP contribution in [0.1, 0.15) is 11.1 Å². The Labute approximate surface area is 194 Å². The van der Waals surface area contributed by atoms with Crippen molar-refractivity contribution in [2.24, 2.45) is 0 Å². The highest BCUT2D eigenvalue weighted by atomic mass is 35.5. The fourth-order valence-corrected chi connectivity index (χ4v) is 3.67. The van der Waals surface area contributed by atoms with Crippen LogP contribution in [0.25, 0.3) is 0 Å². The van der Waals surface area contributed by atoms with Crippen molar-refractivity contribution in [1.29, 1.82) is 0 Å². The van der Waals surface area contributed by atoms with Crippen molar-refractivity contribution in [3.8, 4) is 23.7 Å². The number of hydrogen-bond acceptors (Lipinski definition) is 10. The number of aliphatic hydroxyl groups is 8. The van der Waals surface area contributed by atoms with Gasteiger partial charge in [0, 0.05) is 11.1 Å². The van der Waals surface area contributed by atoms with Crippen LogP contribution < -0.4 is 0 Å². The summed E-state index contributed by atoms with van der Waals surface area (Å²) in [5.74, 6) is 10.7. The molecule has 0 aromatic heterocycles. The molecule has 3 rings (SSSR count). The van der Waals surface area contributed by atoms with E-state index in [4.69, 9.17) is 21.1 Å². The SMILES string of the molecule is OCC1OC(C#Cc2ccc(C#CC3OC(CO)C(O)C(O)C3O)c(Cl)c2)C(O)C(O)C1O. The van der Waals surface area contributed by atoms with Crippen LogP contribution in [-0.4, -0.2) is 115 Å². The lowest BCUT2D eigenvalue weighted by atomic mass is 9.95. The van der Waals surface area contributed by atoms with Crippen molar-refractivity contribution >= 4 is 11.6 Å². The predicted molar refractivity (Wildman–Crippen MR) is 113 cm³/mol. The molecule has 8 N–H and O–H groups in total. The lowest BCUT2D eigenvalue weighted by Crippen LogP contribution is -2.58. The van der Waals surface area contributed by atoms with E-state index in [1.807, 2.05) is 0 Å². The number of ether oxygens (including phenoxy) is 2. The first-order valence-corrected chi connectivity index (χ1v) is 10.5. The molecule has 0 aliphatic carbocycles. The summed E-state index contributed by atoms with van der Waals surface area (Å²) in [6, 6.07) is 4.59. The summed E-state index contributed by atoms with van der Waals surface area (Å²) in [7, 11) is 0. The molecule has 0 amide bonds. The average Bonchev–Trinajstić information content (AvgIpc) is 2.81. The van der Waals surface area contributed by atoms with E-state index in [1.54, 1.807) is 6.07 Å². The van der Waals surface area contributed by atoms with Crippen LogP contribution in [0.15, 0.2) is 18.2 Å². The van der Waals surface area contributed by atoms with Crippen LogP contribution in [0.3, 0.4) is 0 Å². The Balaban J connectivity index is 1.73. The molecule has 10 unspecified atom stereocenters. The number of halogens is 1. The van der Waals surface area contributed by atoms with Crippen molar-refractivity contribution in [1.82, 2.24) is 0 Å². The quantitative estimate of drug-likeness (QED) is 0.198. The maximum atomic E-state index is 10.0. The number of aliphatic hydroxyl groups excluding tert-OH is 8. The highest BCUT2D eigenvalue weighted by Crippen LogP contribution is 2.23. The molecule has 0 radical (unpaired) electrons. The van der Waals surface area contributed by atoms with Gasteiger partial charge in [-0.05, 0) is 18.2 Å². The second kappa shape index (κ2) is 11.1. The summed E-state index contributed by atoms with van der Waals surface area (Å²) in [5.41, 5.74) is 0.780. The molecule has 2 fully saturated rings. The topological polar surface area (TPSA) is 180 Å². The first kappa shape index (κ1) is 25.8. The Hall–Kier alpha value is -1.77. The predicted octanol–water partition coefficient (Wildman–Crippen LogP) is -3.27. The van der Waals surface area contributed by atoms with Gasteiger partial charge in [0.25, 0.3) is 0 Å². The van der Waals surface area contributed by atoms with E-state index in [2.05, 4.69) is 23.7 Å². The number of hydrogen-bond donors (Lipinski definition) is 8. The van der Waals surface area contributed by atoms with Crippen molar-refractivity contribution in [2.75, 3.05) is 13.2 Å². The second-order valence-corrected chi connectivity index (χ2v) is 8.14.